The maximum absolute atomic E-state index is 13.4. The minimum Gasteiger partial charge on any atom is -0.459 e. The van der Waals surface area contributed by atoms with Crippen LogP contribution < -0.4 is 4.72 Å². The third-order valence-electron chi connectivity index (χ3n) is 5.39. The van der Waals surface area contributed by atoms with Gasteiger partial charge in [0, 0.05) is 6.54 Å². The number of ether oxygens (including phenoxy) is 1. The zero-order valence-electron chi connectivity index (χ0n) is 18.4. The molecule has 0 saturated carbocycles. The molecule has 2 atom stereocenters. The molecule has 1 aliphatic rings. The Balaban J connectivity index is 1.72. The lowest BCUT2D eigenvalue weighted by atomic mass is 10.0. The Bertz CT molecular complexity index is 1010. The summed E-state index contributed by atoms with van der Waals surface area (Å²) in [5.74, 6) is -0.778. The summed E-state index contributed by atoms with van der Waals surface area (Å²) in [6.07, 6.45) is 1.49. The van der Waals surface area contributed by atoms with Gasteiger partial charge in [-0.1, -0.05) is 62.4 Å². The first-order chi connectivity index (χ1) is 15.3. The molecule has 1 heterocycles. The van der Waals surface area contributed by atoms with E-state index in [1.807, 2.05) is 44.2 Å². The molecule has 0 aromatic heterocycles. The molecule has 1 aliphatic heterocycles. The monoisotopic (exact) mass is 458 g/mol. The van der Waals surface area contributed by atoms with E-state index in [1.165, 1.54) is 17.0 Å². The smallest absolute Gasteiger partial charge is 0.329 e. The fourth-order valence-corrected chi connectivity index (χ4v) is 5.05. The molecule has 0 bridgehead atoms. The largest absolute Gasteiger partial charge is 0.459 e. The Morgan fingerprint density at radius 2 is 1.69 bits per heavy atom. The predicted molar refractivity (Wildman–Crippen MR) is 121 cm³/mol. The highest BCUT2D eigenvalue weighted by atomic mass is 32.2. The molecule has 0 aliphatic carbocycles. The highest BCUT2D eigenvalue weighted by Gasteiger charge is 2.39. The van der Waals surface area contributed by atoms with Crippen molar-refractivity contribution in [3.05, 3.63) is 66.2 Å². The average Bonchev–Trinajstić information content (AvgIpc) is 3.27. The number of carbonyl (C=O) groups excluding carboxylic acids is 2. The van der Waals surface area contributed by atoms with E-state index >= 15 is 0 Å². The van der Waals surface area contributed by atoms with Crippen LogP contribution in [0.15, 0.2) is 65.6 Å². The molecule has 1 N–H and O–H groups in total. The van der Waals surface area contributed by atoms with Crippen molar-refractivity contribution < 1.29 is 22.7 Å². The Morgan fingerprint density at radius 1 is 1.06 bits per heavy atom. The van der Waals surface area contributed by atoms with Crippen LogP contribution in [0.1, 0.15) is 38.7 Å². The molecule has 1 amide bonds. The maximum Gasteiger partial charge on any atom is 0.329 e. The van der Waals surface area contributed by atoms with Gasteiger partial charge in [0.05, 0.1) is 4.90 Å². The third kappa shape index (κ3) is 6.17. The minimum absolute atomic E-state index is 0.0773. The van der Waals surface area contributed by atoms with E-state index < -0.39 is 34.0 Å². The van der Waals surface area contributed by atoms with Crippen molar-refractivity contribution in [2.75, 3.05) is 6.54 Å². The number of benzene rings is 2. The summed E-state index contributed by atoms with van der Waals surface area (Å²) in [6.45, 7) is 4.37. The second kappa shape index (κ2) is 10.7. The third-order valence-corrected chi connectivity index (χ3v) is 6.88. The van der Waals surface area contributed by atoms with Crippen molar-refractivity contribution in [1.82, 2.24) is 9.62 Å². The van der Waals surface area contributed by atoms with Gasteiger partial charge in [-0.2, -0.15) is 4.72 Å². The SMILES string of the molecule is CC(C)C[C@@H](NS(=O)(=O)c1ccccc1)C(=O)N1CCC[C@H]1C(=O)OCc1ccccc1. The Labute approximate surface area is 189 Å². The molecule has 8 heteroatoms. The van der Waals surface area contributed by atoms with E-state index in [0.717, 1.165) is 5.56 Å². The van der Waals surface area contributed by atoms with Crippen LogP contribution >= 0.6 is 0 Å². The predicted octanol–water partition coefficient (Wildman–Crippen LogP) is 3.11. The number of esters is 1. The number of nitrogens with one attached hydrogen (secondary N) is 1. The van der Waals surface area contributed by atoms with Gasteiger partial charge in [-0.05, 0) is 42.9 Å². The van der Waals surface area contributed by atoms with Crippen molar-refractivity contribution in [1.29, 1.82) is 0 Å². The number of amides is 1. The van der Waals surface area contributed by atoms with Crippen LogP contribution in [0.25, 0.3) is 0 Å². The summed E-state index contributed by atoms with van der Waals surface area (Å²) in [4.78, 5) is 27.7. The van der Waals surface area contributed by atoms with Crippen LogP contribution in [0.3, 0.4) is 0 Å². The van der Waals surface area contributed by atoms with Crippen molar-refractivity contribution in [2.24, 2.45) is 5.92 Å². The Hall–Kier alpha value is -2.71. The summed E-state index contributed by atoms with van der Waals surface area (Å²) < 4.78 is 33.7. The van der Waals surface area contributed by atoms with Gasteiger partial charge in [0.2, 0.25) is 15.9 Å². The van der Waals surface area contributed by atoms with Gasteiger partial charge >= 0.3 is 5.97 Å². The van der Waals surface area contributed by atoms with Crippen molar-refractivity contribution >= 4 is 21.9 Å². The first-order valence-electron chi connectivity index (χ1n) is 10.9. The van der Waals surface area contributed by atoms with Crippen LogP contribution in [0, 0.1) is 5.92 Å². The summed E-state index contributed by atoms with van der Waals surface area (Å²) in [5, 5.41) is 0. The second-order valence-corrected chi connectivity index (χ2v) is 10.1. The molecule has 2 aromatic rings. The Morgan fingerprint density at radius 3 is 2.31 bits per heavy atom. The molecule has 172 valence electrons. The minimum atomic E-state index is -3.88. The van der Waals surface area contributed by atoms with Crippen LogP contribution in [-0.4, -0.2) is 43.8 Å². The first kappa shape index (κ1) is 23.9. The van der Waals surface area contributed by atoms with Gasteiger partial charge in [0.1, 0.15) is 18.7 Å². The number of sulfonamides is 1. The van der Waals surface area contributed by atoms with E-state index in [-0.39, 0.29) is 17.4 Å². The second-order valence-electron chi connectivity index (χ2n) is 8.40. The van der Waals surface area contributed by atoms with Crippen molar-refractivity contribution in [2.45, 2.75) is 56.7 Å². The highest BCUT2D eigenvalue weighted by Crippen LogP contribution is 2.23. The van der Waals surface area contributed by atoms with Crippen LogP contribution in [0.4, 0.5) is 0 Å². The van der Waals surface area contributed by atoms with Gasteiger partial charge in [-0.3, -0.25) is 4.79 Å². The molecular weight excluding hydrogens is 428 g/mol. The summed E-state index contributed by atoms with van der Waals surface area (Å²) in [6, 6.07) is 15.6. The quantitative estimate of drug-likeness (QED) is 0.583. The van der Waals surface area contributed by atoms with Gasteiger partial charge in [0.15, 0.2) is 0 Å². The molecule has 1 fully saturated rings. The van der Waals surface area contributed by atoms with Gasteiger partial charge in [-0.25, -0.2) is 13.2 Å². The van der Waals surface area contributed by atoms with Crippen LogP contribution in [-0.2, 0) is 31.0 Å². The molecule has 2 aromatic carbocycles. The van der Waals surface area contributed by atoms with E-state index in [4.69, 9.17) is 4.74 Å². The van der Waals surface area contributed by atoms with E-state index in [0.29, 0.717) is 25.8 Å². The molecule has 0 radical (unpaired) electrons. The summed E-state index contributed by atoms with van der Waals surface area (Å²) >= 11 is 0. The van der Waals surface area contributed by atoms with Crippen LogP contribution in [0.5, 0.6) is 0 Å². The fraction of sp³-hybridized carbons (Fsp3) is 0.417. The molecular formula is C24H30N2O5S. The lowest BCUT2D eigenvalue weighted by Gasteiger charge is -2.29. The van der Waals surface area contributed by atoms with E-state index in [1.54, 1.807) is 18.2 Å². The number of hydrogen-bond donors (Lipinski definition) is 1. The molecule has 1 saturated heterocycles. The Kier molecular flexibility index (Phi) is 8.04. The molecule has 0 spiro atoms. The van der Waals surface area contributed by atoms with E-state index in [9.17, 15) is 18.0 Å². The number of likely N-dealkylation sites (tertiary alicyclic amines) is 1. The zero-order chi connectivity index (χ0) is 23.1. The highest BCUT2D eigenvalue weighted by molar-refractivity contribution is 7.89. The van der Waals surface area contributed by atoms with Crippen molar-refractivity contribution in [3.63, 3.8) is 0 Å². The standard InChI is InChI=1S/C24H30N2O5S/c1-18(2)16-21(25-32(29,30)20-12-7-4-8-13-20)23(27)26-15-9-14-22(26)24(28)31-17-19-10-5-3-6-11-19/h3-8,10-13,18,21-22,25H,9,14-17H2,1-2H3/t21-,22+/m1/s1. The number of rotatable bonds is 9. The molecule has 32 heavy (non-hydrogen) atoms. The summed E-state index contributed by atoms with van der Waals surface area (Å²) in [5.41, 5.74) is 0.866. The number of hydrogen-bond acceptors (Lipinski definition) is 5. The molecule has 3 rings (SSSR count). The average molecular weight is 459 g/mol. The van der Waals surface area contributed by atoms with E-state index in [2.05, 4.69) is 4.72 Å². The lowest BCUT2D eigenvalue weighted by Crippen LogP contribution is -2.52. The fourth-order valence-electron chi connectivity index (χ4n) is 3.83. The normalized spacial score (nSPS) is 17.3. The maximum atomic E-state index is 13.4. The topological polar surface area (TPSA) is 92.8 Å². The molecule has 0 unspecified atom stereocenters. The van der Waals surface area contributed by atoms with Crippen molar-refractivity contribution in [3.8, 4) is 0 Å². The molecule has 7 nitrogen and oxygen atoms in total. The van der Waals surface area contributed by atoms with Crippen LogP contribution in [0.2, 0.25) is 0 Å². The number of nitrogens with zero attached hydrogens (tertiary/aromatic N) is 1. The van der Waals surface area contributed by atoms with Gasteiger partial charge in [-0.15, -0.1) is 0 Å². The van der Waals surface area contributed by atoms with Gasteiger partial charge < -0.3 is 9.64 Å². The summed E-state index contributed by atoms with van der Waals surface area (Å²) in [7, 11) is -3.88. The lowest BCUT2D eigenvalue weighted by molar-refractivity contribution is -0.155. The van der Waals surface area contributed by atoms with Gasteiger partial charge in [0.25, 0.3) is 0 Å². The zero-order valence-corrected chi connectivity index (χ0v) is 19.3. The first-order valence-corrected chi connectivity index (χ1v) is 12.3. The number of carbonyl (C=O) groups is 2.